The topological polar surface area (TPSA) is 116 Å². The molecule has 2 aromatic rings. The maximum atomic E-state index is 12.1. The number of aryl methyl sites for hydroxylation is 1. The van der Waals surface area contributed by atoms with Crippen LogP contribution in [0.25, 0.3) is 0 Å². The van der Waals surface area contributed by atoms with Gasteiger partial charge < -0.3 is 9.84 Å². The van der Waals surface area contributed by atoms with Gasteiger partial charge in [-0.1, -0.05) is 11.2 Å². The smallest absolute Gasteiger partial charge is 0.245 e. The van der Waals surface area contributed by atoms with Gasteiger partial charge in [-0.15, -0.1) is 0 Å². The highest BCUT2D eigenvalue weighted by molar-refractivity contribution is 7.92. The number of hydrogen-bond donors (Lipinski definition) is 1. The molecule has 1 aromatic heterocycles. The van der Waals surface area contributed by atoms with Crippen LogP contribution in [0.15, 0.2) is 34.9 Å². The number of carbonyl (C=O) groups excluding carboxylic acids is 1. The summed E-state index contributed by atoms with van der Waals surface area (Å²) in [6.45, 7) is 1.16. The van der Waals surface area contributed by atoms with Crippen LogP contribution in [0.3, 0.4) is 0 Å². The molecule has 0 aliphatic carbocycles. The van der Waals surface area contributed by atoms with Gasteiger partial charge in [0.05, 0.1) is 17.9 Å². The standard InChI is InChI=1S/C14H14N4O4S/c1-10-6-13(17-22-10)18(23(2,20)21)9-14(19)16-12-5-3-4-11(7-12)8-15/h3-7H,9H2,1-2H3,(H,16,19). The number of amides is 1. The summed E-state index contributed by atoms with van der Waals surface area (Å²) in [5.74, 6) is -0.104. The van der Waals surface area contributed by atoms with Crippen molar-refractivity contribution in [3.63, 3.8) is 0 Å². The van der Waals surface area contributed by atoms with Crippen LogP contribution in [-0.2, 0) is 14.8 Å². The summed E-state index contributed by atoms with van der Waals surface area (Å²) >= 11 is 0. The molecule has 2 rings (SSSR count). The van der Waals surface area contributed by atoms with Gasteiger partial charge in [0.25, 0.3) is 0 Å². The molecule has 0 spiro atoms. The van der Waals surface area contributed by atoms with Crippen molar-refractivity contribution < 1.29 is 17.7 Å². The van der Waals surface area contributed by atoms with Gasteiger partial charge >= 0.3 is 0 Å². The minimum absolute atomic E-state index is 0.0333. The van der Waals surface area contributed by atoms with E-state index in [0.29, 0.717) is 17.0 Å². The molecule has 1 aromatic carbocycles. The molecule has 9 heteroatoms. The van der Waals surface area contributed by atoms with Gasteiger partial charge in [-0.3, -0.25) is 4.79 Å². The van der Waals surface area contributed by atoms with Gasteiger partial charge in [0.2, 0.25) is 15.9 Å². The second kappa shape index (κ2) is 6.50. The van der Waals surface area contributed by atoms with E-state index in [1.54, 1.807) is 25.1 Å². The Morgan fingerprint density at radius 3 is 2.74 bits per heavy atom. The first kappa shape index (κ1) is 16.5. The Hall–Kier alpha value is -2.86. The van der Waals surface area contributed by atoms with E-state index in [2.05, 4.69) is 10.5 Å². The quantitative estimate of drug-likeness (QED) is 0.880. The summed E-state index contributed by atoms with van der Waals surface area (Å²) in [7, 11) is -3.71. The van der Waals surface area contributed by atoms with Crippen molar-refractivity contribution in [3.8, 4) is 6.07 Å². The van der Waals surface area contributed by atoms with Crippen molar-refractivity contribution in [2.24, 2.45) is 0 Å². The molecule has 120 valence electrons. The lowest BCUT2D eigenvalue weighted by Crippen LogP contribution is -2.37. The number of aromatic nitrogens is 1. The van der Waals surface area contributed by atoms with E-state index in [-0.39, 0.29) is 5.82 Å². The Kier molecular flexibility index (Phi) is 4.66. The Balaban J connectivity index is 2.17. The summed E-state index contributed by atoms with van der Waals surface area (Å²) in [5, 5.41) is 15.0. The van der Waals surface area contributed by atoms with Crippen LogP contribution in [0.2, 0.25) is 0 Å². The van der Waals surface area contributed by atoms with Gasteiger partial charge in [-0.25, -0.2) is 12.7 Å². The van der Waals surface area contributed by atoms with Crippen molar-refractivity contribution in [3.05, 3.63) is 41.7 Å². The largest absolute Gasteiger partial charge is 0.360 e. The van der Waals surface area contributed by atoms with Crippen LogP contribution in [0.5, 0.6) is 0 Å². The van der Waals surface area contributed by atoms with E-state index < -0.39 is 22.5 Å². The third kappa shape index (κ3) is 4.31. The van der Waals surface area contributed by atoms with E-state index in [1.807, 2.05) is 6.07 Å². The first-order valence-electron chi connectivity index (χ1n) is 6.50. The predicted octanol–water partition coefficient (Wildman–Crippen LogP) is 1.26. The molecule has 23 heavy (non-hydrogen) atoms. The minimum atomic E-state index is -3.71. The molecule has 0 aliphatic heterocycles. The highest BCUT2D eigenvalue weighted by atomic mass is 32.2. The van der Waals surface area contributed by atoms with Crippen molar-refractivity contribution >= 4 is 27.4 Å². The SMILES string of the molecule is Cc1cc(N(CC(=O)Nc2cccc(C#N)c2)S(C)(=O)=O)no1. The summed E-state index contributed by atoms with van der Waals surface area (Å²) in [4.78, 5) is 12.1. The zero-order chi connectivity index (χ0) is 17.0. The van der Waals surface area contributed by atoms with Crippen LogP contribution in [0.4, 0.5) is 11.5 Å². The van der Waals surface area contributed by atoms with Crippen LogP contribution in [0, 0.1) is 18.3 Å². The number of rotatable bonds is 5. The molecule has 0 aliphatic rings. The molecule has 8 nitrogen and oxygen atoms in total. The number of hydrogen-bond acceptors (Lipinski definition) is 6. The number of carbonyl (C=O) groups is 1. The van der Waals surface area contributed by atoms with Crippen LogP contribution < -0.4 is 9.62 Å². The Labute approximate surface area is 133 Å². The molecule has 0 radical (unpaired) electrons. The third-order valence-corrected chi connectivity index (χ3v) is 3.95. The number of nitrogens with zero attached hydrogens (tertiary/aromatic N) is 3. The molecule has 0 saturated heterocycles. The van der Waals surface area contributed by atoms with Crippen molar-refractivity contribution in [2.75, 3.05) is 22.4 Å². The fourth-order valence-corrected chi connectivity index (χ4v) is 2.61. The molecular formula is C14H14N4O4S. The number of sulfonamides is 1. The van der Waals surface area contributed by atoms with Crippen molar-refractivity contribution in [2.45, 2.75) is 6.92 Å². The first-order chi connectivity index (χ1) is 10.8. The number of benzene rings is 1. The number of nitrogens with one attached hydrogen (secondary N) is 1. The lowest BCUT2D eigenvalue weighted by Gasteiger charge is -2.18. The lowest BCUT2D eigenvalue weighted by atomic mass is 10.2. The monoisotopic (exact) mass is 334 g/mol. The van der Waals surface area contributed by atoms with E-state index >= 15 is 0 Å². The van der Waals surface area contributed by atoms with E-state index in [4.69, 9.17) is 9.78 Å². The van der Waals surface area contributed by atoms with Crippen molar-refractivity contribution in [1.82, 2.24) is 5.16 Å². The van der Waals surface area contributed by atoms with E-state index in [0.717, 1.165) is 10.6 Å². The van der Waals surface area contributed by atoms with Gasteiger partial charge in [-0.05, 0) is 25.1 Å². The molecule has 1 heterocycles. The lowest BCUT2D eigenvalue weighted by molar-refractivity contribution is -0.114. The zero-order valence-corrected chi connectivity index (χ0v) is 13.3. The van der Waals surface area contributed by atoms with E-state index in [9.17, 15) is 13.2 Å². The van der Waals surface area contributed by atoms with E-state index in [1.165, 1.54) is 12.1 Å². The van der Waals surface area contributed by atoms with Gasteiger partial charge in [0.15, 0.2) is 5.82 Å². The maximum Gasteiger partial charge on any atom is 0.245 e. The maximum absolute atomic E-state index is 12.1. The third-order valence-electron chi connectivity index (χ3n) is 2.83. The Morgan fingerprint density at radius 2 is 2.17 bits per heavy atom. The molecule has 0 fully saturated rings. The molecule has 1 amide bonds. The molecule has 0 bridgehead atoms. The normalized spacial score (nSPS) is 10.8. The second-order valence-electron chi connectivity index (χ2n) is 4.81. The molecule has 0 unspecified atom stereocenters. The predicted molar refractivity (Wildman–Crippen MR) is 83.2 cm³/mol. The average molecular weight is 334 g/mol. The zero-order valence-electron chi connectivity index (χ0n) is 12.5. The Bertz CT molecular complexity index is 867. The average Bonchev–Trinajstić information content (AvgIpc) is 2.90. The summed E-state index contributed by atoms with van der Waals surface area (Å²) in [6.07, 6.45) is 0.973. The highest BCUT2D eigenvalue weighted by Gasteiger charge is 2.23. The van der Waals surface area contributed by atoms with Crippen LogP contribution >= 0.6 is 0 Å². The first-order valence-corrected chi connectivity index (χ1v) is 8.35. The van der Waals surface area contributed by atoms with Crippen molar-refractivity contribution in [1.29, 1.82) is 5.26 Å². The minimum Gasteiger partial charge on any atom is -0.360 e. The Morgan fingerprint density at radius 1 is 1.43 bits per heavy atom. The summed E-state index contributed by atoms with van der Waals surface area (Å²) in [5.41, 5.74) is 0.786. The summed E-state index contributed by atoms with van der Waals surface area (Å²) in [6, 6.07) is 9.67. The van der Waals surface area contributed by atoms with Gasteiger partial charge in [-0.2, -0.15) is 5.26 Å². The second-order valence-corrected chi connectivity index (χ2v) is 6.71. The number of anilines is 2. The molecule has 0 saturated carbocycles. The molecular weight excluding hydrogens is 320 g/mol. The fraction of sp³-hybridized carbons (Fsp3) is 0.214. The van der Waals surface area contributed by atoms with Crippen LogP contribution in [0.1, 0.15) is 11.3 Å². The van der Waals surface area contributed by atoms with Gasteiger partial charge in [0.1, 0.15) is 12.3 Å². The molecule has 1 N–H and O–H groups in total. The summed E-state index contributed by atoms with van der Waals surface area (Å²) < 4.78 is 29.4. The van der Waals surface area contributed by atoms with Crippen LogP contribution in [-0.4, -0.2) is 32.3 Å². The molecule has 0 atom stereocenters. The highest BCUT2D eigenvalue weighted by Crippen LogP contribution is 2.17. The van der Waals surface area contributed by atoms with Gasteiger partial charge in [0, 0.05) is 11.8 Å². The number of nitriles is 1. The fourth-order valence-electron chi connectivity index (χ4n) is 1.84.